The van der Waals surface area contributed by atoms with Crippen LogP contribution in [0.1, 0.15) is 19.3 Å². The fraction of sp³-hybridized carbons (Fsp3) is 0.0909. The molecular formula is C11H6F2O2S2. The van der Waals surface area contributed by atoms with Gasteiger partial charge in [0.15, 0.2) is 0 Å². The minimum Gasteiger partial charge on any atom is -0.286 e. The first kappa shape index (κ1) is 12.1. The van der Waals surface area contributed by atoms with Crippen molar-refractivity contribution in [2.45, 2.75) is 5.92 Å². The maximum absolute atomic E-state index is 13.7. The second-order valence-electron chi connectivity index (χ2n) is 3.19. The molecule has 0 radical (unpaired) electrons. The van der Waals surface area contributed by atoms with Gasteiger partial charge in [0.05, 0.1) is 9.75 Å². The lowest BCUT2D eigenvalue weighted by molar-refractivity contribution is 0.0154. The van der Waals surface area contributed by atoms with Gasteiger partial charge in [-0.25, -0.2) is 0 Å². The topological polar surface area (TPSA) is 34.1 Å². The number of carbonyl (C=O) groups is 2. The van der Waals surface area contributed by atoms with Crippen molar-refractivity contribution in [2.24, 2.45) is 0 Å². The molecule has 2 aromatic rings. The van der Waals surface area contributed by atoms with Gasteiger partial charge in [-0.1, -0.05) is 12.1 Å². The third-order valence-corrected chi connectivity index (χ3v) is 3.80. The van der Waals surface area contributed by atoms with Crippen LogP contribution in [0.3, 0.4) is 0 Å². The van der Waals surface area contributed by atoms with Gasteiger partial charge in [-0.3, -0.25) is 9.59 Å². The highest BCUT2D eigenvalue weighted by atomic mass is 32.1. The molecule has 0 aliphatic carbocycles. The van der Waals surface area contributed by atoms with Crippen molar-refractivity contribution >= 4 is 34.2 Å². The summed E-state index contributed by atoms with van der Waals surface area (Å²) in [6.45, 7) is 0. The van der Waals surface area contributed by atoms with E-state index < -0.39 is 17.5 Å². The maximum Gasteiger partial charge on any atom is 0.373 e. The Labute approximate surface area is 104 Å². The van der Waals surface area contributed by atoms with E-state index in [1.807, 2.05) is 0 Å². The molecule has 0 N–H and O–H groups in total. The molecule has 17 heavy (non-hydrogen) atoms. The molecule has 2 heterocycles. The summed E-state index contributed by atoms with van der Waals surface area (Å²) in [7, 11) is 0. The predicted octanol–water partition coefficient (Wildman–Crippen LogP) is 3.51. The molecule has 0 aliphatic rings. The minimum absolute atomic E-state index is 0.111. The number of rotatable bonds is 4. The lowest BCUT2D eigenvalue weighted by Gasteiger charge is -2.11. The lowest BCUT2D eigenvalue weighted by Crippen LogP contribution is -2.37. The number of hydrogen-bond donors (Lipinski definition) is 0. The van der Waals surface area contributed by atoms with Crippen LogP contribution in [0.5, 0.6) is 0 Å². The van der Waals surface area contributed by atoms with Crippen LogP contribution in [-0.4, -0.2) is 17.5 Å². The second kappa shape index (κ2) is 4.46. The summed E-state index contributed by atoms with van der Waals surface area (Å²) in [5.41, 5.74) is 0. The van der Waals surface area contributed by atoms with Crippen molar-refractivity contribution in [1.82, 2.24) is 0 Å². The fourth-order valence-electron chi connectivity index (χ4n) is 1.23. The highest BCUT2D eigenvalue weighted by Crippen LogP contribution is 2.28. The SMILES string of the molecule is O=C(c1cccs1)C(F)(F)C(=O)c1cccs1. The molecule has 2 rings (SSSR count). The fourth-order valence-corrected chi connectivity index (χ4v) is 2.62. The molecular weight excluding hydrogens is 266 g/mol. The molecule has 0 saturated heterocycles. The van der Waals surface area contributed by atoms with Gasteiger partial charge >= 0.3 is 5.92 Å². The molecule has 2 nitrogen and oxygen atoms in total. The van der Waals surface area contributed by atoms with Crippen molar-refractivity contribution in [3.05, 3.63) is 44.8 Å². The molecule has 0 bridgehead atoms. The summed E-state index contributed by atoms with van der Waals surface area (Å²) in [5.74, 6) is -6.87. The first-order valence-electron chi connectivity index (χ1n) is 4.58. The summed E-state index contributed by atoms with van der Waals surface area (Å²) >= 11 is 1.79. The summed E-state index contributed by atoms with van der Waals surface area (Å²) in [4.78, 5) is 22.8. The summed E-state index contributed by atoms with van der Waals surface area (Å²) in [6.07, 6.45) is 0. The number of thiophene rings is 2. The average Bonchev–Trinajstić information content (AvgIpc) is 2.99. The number of Topliss-reactive ketones (excluding diaryl/α,β-unsaturated/α-hetero) is 2. The Morgan fingerprint density at radius 3 is 1.65 bits per heavy atom. The first-order chi connectivity index (χ1) is 8.03. The van der Waals surface area contributed by atoms with Crippen LogP contribution in [0.25, 0.3) is 0 Å². The molecule has 0 atom stereocenters. The lowest BCUT2D eigenvalue weighted by atomic mass is 10.1. The van der Waals surface area contributed by atoms with Gasteiger partial charge in [-0.15, -0.1) is 22.7 Å². The Kier molecular flexibility index (Phi) is 3.17. The Morgan fingerprint density at radius 1 is 0.941 bits per heavy atom. The molecule has 0 aliphatic heterocycles. The van der Waals surface area contributed by atoms with E-state index >= 15 is 0 Å². The Bertz CT molecular complexity index is 482. The van der Waals surface area contributed by atoms with Gasteiger partial charge in [0.25, 0.3) is 0 Å². The highest BCUT2D eigenvalue weighted by molar-refractivity contribution is 7.13. The van der Waals surface area contributed by atoms with Crippen molar-refractivity contribution in [3.63, 3.8) is 0 Å². The zero-order chi connectivity index (χ0) is 12.5. The van der Waals surface area contributed by atoms with E-state index in [1.54, 1.807) is 0 Å². The number of halogens is 2. The Balaban J connectivity index is 2.30. The Morgan fingerprint density at radius 2 is 1.35 bits per heavy atom. The van der Waals surface area contributed by atoms with Crippen molar-refractivity contribution < 1.29 is 18.4 Å². The van der Waals surface area contributed by atoms with Crippen LogP contribution in [-0.2, 0) is 0 Å². The molecule has 0 spiro atoms. The van der Waals surface area contributed by atoms with E-state index in [9.17, 15) is 18.4 Å². The normalized spacial score (nSPS) is 11.4. The summed E-state index contributed by atoms with van der Waals surface area (Å²) in [6, 6.07) is 5.54. The summed E-state index contributed by atoms with van der Waals surface area (Å²) in [5, 5.41) is 3.03. The third kappa shape index (κ3) is 2.18. The van der Waals surface area contributed by atoms with E-state index in [4.69, 9.17) is 0 Å². The van der Waals surface area contributed by atoms with Crippen molar-refractivity contribution in [1.29, 1.82) is 0 Å². The average molecular weight is 272 g/mol. The molecule has 0 aromatic carbocycles. The van der Waals surface area contributed by atoms with Crippen molar-refractivity contribution in [2.75, 3.05) is 0 Å². The number of carbonyl (C=O) groups excluding carboxylic acids is 2. The highest BCUT2D eigenvalue weighted by Gasteiger charge is 2.48. The molecule has 88 valence electrons. The van der Waals surface area contributed by atoms with Crippen LogP contribution in [0.4, 0.5) is 8.78 Å². The van der Waals surface area contributed by atoms with Crippen LogP contribution in [0, 0.1) is 0 Å². The van der Waals surface area contributed by atoms with Crippen LogP contribution < -0.4 is 0 Å². The monoisotopic (exact) mass is 272 g/mol. The number of ketones is 2. The zero-order valence-corrected chi connectivity index (χ0v) is 9.99. The van der Waals surface area contributed by atoms with Gasteiger partial charge in [0, 0.05) is 0 Å². The quantitative estimate of drug-likeness (QED) is 0.630. The maximum atomic E-state index is 13.7. The van der Waals surface area contributed by atoms with Crippen LogP contribution in [0.2, 0.25) is 0 Å². The molecule has 2 aromatic heterocycles. The molecule has 0 saturated carbocycles. The van der Waals surface area contributed by atoms with E-state index in [2.05, 4.69) is 0 Å². The van der Waals surface area contributed by atoms with Crippen LogP contribution in [0.15, 0.2) is 35.0 Å². The summed E-state index contributed by atoms with van der Waals surface area (Å²) < 4.78 is 27.3. The van der Waals surface area contributed by atoms with E-state index in [0.29, 0.717) is 0 Å². The molecule has 6 heteroatoms. The van der Waals surface area contributed by atoms with E-state index in [-0.39, 0.29) is 9.75 Å². The minimum atomic E-state index is -3.99. The standard InChI is InChI=1S/C11H6F2O2S2/c12-11(13,9(14)7-3-1-5-16-7)10(15)8-4-2-6-17-8/h1-6H. The number of hydrogen-bond acceptors (Lipinski definition) is 4. The van der Waals surface area contributed by atoms with Gasteiger partial charge < -0.3 is 0 Å². The molecule has 0 fully saturated rings. The molecule has 0 unspecified atom stereocenters. The van der Waals surface area contributed by atoms with Gasteiger partial charge in [0.2, 0.25) is 11.6 Å². The van der Waals surface area contributed by atoms with Gasteiger partial charge in [0.1, 0.15) is 0 Å². The largest absolute Gasteiger partial charge is 0.373 e. The van der Waals surface area contributed by atoms with Gasteiger partial charge in [-0.2, -0.15) is 8.78 Å². The van der Waals surface area contributed by atoms with Gasteiger partial charge in [-0.05, 0) is 22.9 Å². The number of alkyl halides is 2. The first-order valence-corrected chi connectivity index (χ1v) is 6.34. The van der Waals surface area contributed by atoms with Crippen molar-refractivity contribution in [3.8, 4) is 0 Å². The van der Waals surface area contributed by atoms with E-state index in [1.165, 1.54) is 35.0 Å². The predicted molar refractivity (Wildman–Crippen MR) is 62.2 cm³/mol. The van der Waals surface area contributed by atoms with Crippen LogP contribution >= 0.6 is 22.7 Å². The Hall–Kier alpha value is -1.40. The zero-order valence-electron chi connectivity index (χ0n) is 8.35. The third-order valence-electron chi connectivity index (χ3n) is 2.06. The second-order valence-corrected chi connectivity index (χ2v) is 5.08. The van der Waals surface area contributed by atoms with E-state index in [0.717, 1.165) is 22.7 Å². The smallest absolute Gasteiger partial charge is 0.286 e. The molecule has 0 amide bonds.